The topological polar surface area (TPSA) is 61.8 Å². The Morgan fingerprint density at radius 2 is 1.97 bits per heavy atom. The first-order valence-corrected chi connectivity index (χ1v) is 12.0. The van der Waals surface area contributed by atoms with Crippen molar-refractivity contribution in [2.45, 2.75) is 82.3 Å². The zero-order valence-electron chi connectivity index (χ0n) is 18.5. The highest BCUT2D eigenvalue weighted by molar-refractivity contribution is 5.79. The summed E-state index contributed by atoms with van der Waals surface area (Å²) in [6.07, 6.45) is 11.9. The van der Waals surface area contributed by atoms with Crippen LogP contribution < -0.4 is 10.1 Å². The second-order valence-corrected chi connectivity index (χ2v) is 9.60. The highest BCUT2D eigenvalue weighted by atomic mass is 16.5. The molecule has 3 aliphatic rings. The van der Waals surface area contributed by atoms with Crippen molar-refractivity contribution >= 4 is 5.91 Å². The zero-order chi connectivity index (χ0) is 21.0. The number of rotatable bonds is 7. The van der Waals surface area contributed by atoms with E-state index in [-0.39, 0.29) is 11.9 Å². The van der Waals surface area contributed by atoms with E-state index in [0.29, 0.717) is 19.0 Å². The van der Waals surface area contributed by atoms with Crippen LogP contribution in [0.2, 0.25) is 0 Å². The third-order valence-electron chi connectivity index (χ3n) is 7.62. The van der Waals surface area contributed by atoms with Crippen LogP contribution in [0.15, 0.2) is 18.2 Å². The number of methoxy groups -OCH3 is 1. The summed E-state index contributed by atoms with van der Waals surface area (Å²) in [5.41, 5.74) is 2.15. The normalized spacial score (nSPS) is 23.9. The largest absolute Gasteiger partial charge is 0.497 e. The second-order valence-electron chi connectivity index (χ2n) is 9.60. The maximum absolute atomic E-state index is 13.3. The molecule has 0 bridgehead atoms. The van der Waals surface area contributed by atoms with Crippen molar-refractivity contribution in [1.82, 2.24) is 10.2 Å². The Morgan fingerprint density at radius 1 is 1.20 bits per heavy atom. The number of ether oxygens (including phenoxy) is 1. The van der Waals surface area contributed by atoms with E-state index in [1.165, 1.54) is 43.2 Å². The number of amides is 1. The van der Waals surface area contributed by atoms with Gasteiger partial charge in [0.15, 0.2) is 0 Å². The van der Waals surface area contributed by atoms with Crippen LogP contribution >= 0.6 is 0 Å². The predicted octanol–water partition coefficient (Wildman–Crippen LogP) is 3.99. The first kappa shape index (κ1) is 21.6. The molecule has 1 heterocycles. The molecule has 166 valence electrons. The van der Waals surface area contributed by atoms with Crippen molar-refractivity contribution in [1.29, 1.82) is 0 Å². The molecule has 2 saturated carbocycles. The van der Waals surface area contributed by atoms with Gasteiger partial charge in [0, 0.05) is 6.54 Å². The van der Waals surface area contributed by atoms with Crippen molar-refractivity contribution in [3.63, 3.8) is 0 Å². The monoisotopic (exact) mass is 414 g/mol. The quantitative estimate of drug-likeness (QED) is 0.663. The number of hydrogen-bond donors (Lipinski definition) is 2. The molecule has 1 aliphatic heterocycles. The first-order valence-electron chi connectivity index (χ1n) is 12.0. The summed E-state index contributed by atoms with van der Waals surface area (Å²) in [7, 11) is 1.71. The lowest BCUT2D eigenvalue weighted by Crippen LogP contribution is -2.47. The minimum absolute atomic E-state index is 0.164. The third-order valence-corrected chi connectivity index (χ3v) is 7.62. The van der Waals surface area contributed by atoms with Gasteiger partial charge in [0.05, 0.1) is 25.3 Å². The highest BCUT2D eigenvalue weighted by Gasteiger charge is 2.37. The molecule has 0 aromatic heterocycles. The summed E-state index contributed by atoms with van der Waals surface area (Å²) in [4.78, 5) is 15.4. The summed E-state index contributed by atoms with van der Waals surface area (Å²) in [6.45, 7) is 1.86. The van der Waals surface area contributed by atoms with E-state index >= 15 is 0 Å². The number of nitrogens with zero attached hydrogens (tertiary/aromatic N) is 1. The van der Waals surface area contributed by atoms with Crippen molar-refractivity contribution < 1.29 is 14.6 Å². The average Bonchev–Trinajstić information content (AvgIpc) is 3.22. The van der Waals surface area contributed by atoms with Gasteiger partial charge in [-0.3, -0.25) is 4.79 Å². The minimum atomic E-state index is -0.513. The zero-order valence-corrected chi connectivity index (χ0v) is 18.5. The molecule has 2 fully saturated rings. The summed E-state index contributed by atoms with van der Waals surface area (Å²) in [5, 5.41) is 13.9. The van der Waals surface area contributed by atoms with E-state index in [2.05, 4.69) is 22.3 Å². The predicted molar refractivity (Wildman–Crippen MR) is 119 cm³/mol. The van der Waals surface area contributed by atoms with Gasteiger partial charge in [0.2, 0.25) is 5.91 Å². The van der Waals surface area contributed by atoms with Crippen LogP contribution in [0.3, 0.4) is 0 Å². The van der Waals surface area contributed by atoms with Crippen LogP contribution in [0, 0.1) is 5.92 Å². The maximum Gasteiger partial charge on any atom is 0.237 e. The Balaban J connectivity index is 1.44. The second kappa shape index (κ2) is 9.69. The number of aliphatic hydroxyl groups is 1. The van der Waals surface area contributed by atoms with Crippen LogP contribution in [0.25, 0.3) is 0 Å². The number of fused-ring (bicyclic) bond motifs is 1. The molecule has 1 unspecified atom stereocenters. The Bertz CT molecular complexity index is 723. The molecular weight excluding hydrogens is 376 g/mol. The average molecular weight is 415 g/mol. The molecule has 0 spiro atoms. The van der Waals surface area contributed by atoms with E-state index in [4.69, 9.17) is 4.74 Å². The van der Waals surface area contributed by atoms with E-state index in [1.807, 2.05) is 6.07 Å². The van der Waals surface area contributed by atoms with Crippen LogP contribution in [-0.2, 0) is 11.2 Å². The number of hydrogen-bond acceptors (Lipinski definition) is 4. The van der Waals surface area contributed by atoms with Crippen molar-refractivity contribution in [3.8, 4) is 5.75 Å². The summed E-state index contributed by atoms with van der Waals surface area (Å²) < 4.78 is 5.51. The SMILES string of the molecule is COc1ccc2c(c1)C(C1CCCCC1)N(C(=O)CNCCC1(O)CCCC1)CC2. The van der Waals surface area contributed by atoms with Gasteiger partial charge in [-0.2, -0.15) is 0 Å². The molecule has 30 heavy (non-hydrogen) atoms. The summed E-state index contributed by atoms with van der Waals surface area (Å²) in [5.74, 6) is 1.61. The van der Waals surface area contributed by atoms with Gasteiger partial charge in [0.1, 0.15) is 5.75 Å². The van der Waals surface area contributed by atoms with Gasteiger partial charge >= 0.3 is 0 Å². The molecule has 0 saturated heterocycles. The lowest BCUT2D eigenvalue weighted by molar-refractivity contribution is -0.134. The third kappa shape index (κ3) is 4.83. The standard InChI is InChI=1S/C25H38N2O3/c1-30-21-10-9-19-11-16-27(24(22(19)17-21)20-7-3-2-4-8-20)23(28)18-26-15-14-25(29)12-5-6-13-25/h9-10,17,20,24,26,29H,2-8,11-16,18H2,1H3. The molecule has 1 amide bonds. The van der Waals surface area contributed by atoms with Gasteiger partial charge in [-0.15, -0.1) is 0 Å². The Labute approximate surface area is 181 Å². The number of benzene rings is 1. The Morgan fingerprint density at radius 3 is 2.70 bits per heavy atom. The molecule has 2 N–H and O–H groups in total. The fourth-order valence-corrected chi connectivity index (χ4v) is 5.89. The van der Waals surface area contributed by atoms with Crippen LogP contribution in [0.4, 0.5) is 0 Å². The van der Waals surface area contributed by atoms with E-state index < -0.39 is 5.60 Å². The molecule has 1 atom stereocenters. The molecule has 0 radical (unpaired) electrons. The van der Waals surface area contributed by atoms with Crippen LogP contribution in [-0.4, -0.2) is 48.3 Å². The summed E-state index contributed by atoms with van der Waals surface area (Å²) >= 11 is 0. The lowest BCUT2D eigenvalue weighted by Gasteiger charge is -2.43. The first-order chi connectivity index (χ1) is 14.6. The van der Waals surface area contributed by atoms with Gasteiger partial charge in [-0.25, -0.2) is 0 Å². The van der Waals surface area contributed by atoms with E-state index in [9.17, 15) is 9.90 Å². The van der Waals surface area contributed by atoms with Gasteiger partial charge in [-0.05, 0) is 74.2 Å². The van der Waals surface area contributed by atoms with Gasteiger partial charge in [0.25, 0.3) is 0 Å². The number of carbonyl (C=O) groups excluding carboxylic acids is 1. The smallest absolute Gasteiger partial charge is 0.237 e. The Hall–Kier alpha value is -1.59. The molecule has 1 aromatic carbocycles. The molecule has 2 aliphatic carbocycles. The van der Waals surface area contributed by atoms with Crippen molar-refractivity contribution in [2.75, 3.05) is 26.7 Å². The van der Waals surface area contributed by atoms with E-state index in [0.717, 1.165) is 50.8 Å². The number of nitrogens with one attached hydrogen (secondary N) is 1. The van der Waals surface area contributed by atoms with E-state index in [1.54, 1.807) is 7.11 Å². The molecule has 5 heteroatoms. The molecule has 5 nitrogen and oxygen atoms in total. The maximum atomic E-state index is 13.3. The van der Waals surface area contributed by atoms with Crippen molar-refractivity contribution in [2.24, 2.45) is 5.92 Å². The molecular formula is C25H38N2O3. The lowest BCUT2D eigenvalue weighted by atomic mass is 9.77. The van der Waals surface area contributed by atoms with Gasteiger partial charge < -0.3 is 20.1 Å². The van der Waals surface area contributed by atoms with Gasteiger partial charge in [-0.1, -0.05) is 38.2 Å². The number of carbonyl (C=O) groups is 1. The fraction of sp³-hybridized carbons (Fsp3) is 0.720. The Kier molecular flexibility index (Phi) is 6.99. The van der Waals surface area contributed by atoms with Crippen molar-refractivity contribution in [3.05, 3.63) is 29.3 Å². The fourth-order valence-electron chi connectivity index (χ4n) is 5.89. The van der Waals surface area contributed by atoms with Crippen LogP contribution in [0.5, 0.6) is 5.75 Å². The van der Waals surface area contributed by atoms with Crippen LogP contribution in [0.1, 0.15) is 81.4 Å². The molecule has 4 rings (SSSR count). The highest BCUT2D eigenvalue weighted by Crippen LogP contribution is 2.43. The minimum Gasteiger partial charge on any atom is -0.497 e. The molecule has 1 aromatic rings. The summed E-state index contributed by atoms with van der Waals surface area (Å²) in [6, 6.07) is 6.56.